The van der Waals surface area contributed by atoms with E-state index in [0.717, 1.165) is 21.9 Å². The van der Waals surface area contributed by atoms with Crippen molar-refractivity contribution in [3.63, 3.8) is 0 Å². The first-order valence-corrected chi connectivity index (χ1v) is 8.67. The average Bonchev–Trinajstić information content (AvgIpc) is 3.23. The fourth-order valence-corrected chi connectivity index (χ4v) is 3.22. The minimum Gasteiger partial charge on any atom is -0.484 e. The molecule has 25 heavy (non-hydrogen) atoms. The van der Waals surface area contributed by atoms with Gasteiger partial charge in [0, 0.05) is 23.3 Å². The minimum absolute atomic E-state index is 0.0450. The summed E-state index contributed by atoms with van der Waals surface area (Å²) < 4.78 is 7.46. The number of ether oxygens (including phenoxy) is 1. The number of imidazole rings is 1. The lowest BCUT2D eigenvalue weighted by atomic mass is 10.1. The molecule has 0 radical (unpaired) electrons. The van der Waals surface area contributed by atoms with Gasteiger partial charge in [0.15, 0.2) is 11.6 Å². The molecular weight excluding hydrogens is 334 g/mol. The molecule has 2 aromatic heterocycles. The van der Waals surface area contributed by atoms with Gasteiger partial charge in [-0.2, -0.15) is 0 Å². The predicted molar refractivity (Wildman–Crippen MR) is 99.1 cm³/mol. The van der Waals surface area contributed by atoms with Crippen molar-refractivity contribution in [3.8, 4) is 17.0 Å². The van der Waals surface area contributed by atoms with Gasteiger partial charge in [-0.15, -0.1) is 11.3 Å². The first kappa shape index (κ1) is 15.4. The summed E-state index contributed by atoms with van der Waals surface area (Å²) >= 11 is 1.57. The Balaban J connectivity index is 1.51. The number of anilines is 1. The van der Waals surface area contributed by atoms with Crippen molar-refractivity contribution in [2.45, 2.75) is 0 Å². The maximum Gasteiger partial charge on any atom is 0.262 e. The van der Waals surface area contributed by atoms with Crippen molar-refractivity contribution in [1.82, 2.24) is 9.38 Å². The number of carbonyl (C=O) groups is 1. The van der Waals surface area contributed by atoms with Gasteiger partial charge in [0.1, 0.15) is 5.75 Å². The van der Waals surface area contributed by atoms with Crippen molar-refractivity contribution in [3.05, 3.63) is 72.4 Å². The van der Waals surface area contributed by atoms with Crippen molar-refractivity contribution in [2.24, 2.45) is 0 Å². The first-order valence-electron chi connectivity index (χ1n) is 7.79. The normalized spacial score (nSPS) is 10.7. The smallest absolute Gasteiger partial charge is 0.262 e. The highest BCUT2D eigenvalue weighted by molar-refractivity contribution is 7.15. The third-order valence-electron chi connectivity index (χ3n) is 3.68. The number of benzene rings is 2. The van der Waals surface area contributed by atoms with Crippen LogP contribution in [0.5, 0.6) is 5.75 Å². The molecule has 0 aliphatic heterocycles. The van der Waals surface area contributed by atoms with Crippen LogP contribution in [0.1, 0.15) is 0 Å². The zero-order valence-electron chi connectivity index (χ0n) is 13.3. The largest absolute Gasteiger partial charge is 0.484 e. The van der Waals surface area contributed by atoms with E-state index in [1.165, 1.54) is 0 Å². The molecule has 2 aromatic carbocycles. The fourth-order valence-electron chi connectivity index (χ4n) is 2.52. The van der Waals surface area contributed by atoms with E-state index in [1.54, 1.807) is 11.3 Å². The number of rotatable bonds is 5. The fraction of sp³-hybridized carbons (Fsp3) is 0.0526. The second kappa shape index (κ2) is 6.78. The Morgan fingerprint density at radius 3 is 2.76 bits per heavy atom. The zero-order valence-corrected chi connectivity index (χ0v) is 14.1. The quantitative estimate of drug-likeness (QED) is 0.591. The van der Waals surface area contributed by atoms with E-state index in [2.05, 4.69) is 10.3 Å². The molecule has 5 nitrogen and oxygen atoms in total. The van der Waals surface area contributed by atoms with Crippen molar-refractivity contribution < 1.29 is 9.53 Å². The van der Waals surface area contributed by atoms with Crippen molar-refractivity contribution >= 4 is 27.9 Å². The molecule has 0 unspecified atom stereocenters. The standard InChI is InChI=1S/C19H15N3O2S/c23-18(13-24-14-6-2-1-3-7-14)20-16-9-5-4-8-15(16)17-12-22-10-11-25-19(22)21-17/h1-12H,13H2,(H,20,23). The lowest BCUT2D eigenvalue weighted by Crippen LogP contribution is -2.20. The molecule has 1 amide bonds. The molecule has 2 heterocycles. The van der Waals surface area contributed by atoms with Crippen molar-refractivity contribution in [1.29, 1.82) is 0 Å². The highest BCUT2D eigenvalue weighted by Crippen LogP contribution is 2.28. The molecule has 1 N–H and O–H groups in total. The third kappa shape index (κ3) is 3.39. The molecular formula is C19H15N3O2S. The average molecular weight is 349 g/mol. The number of fused-ring (bicyclic) bond motifs is 1. The van der Waals surface area contributed by atoms with E-state index < -0.39 is 0 Å². The monoisotopic (exact) mass is 349 g/mol. The number of hydrogen-bond acceptors (Lipinski definition) is 4. The number of nitrogens with zero attached hydrogens (tertiary/aromatic N) is 2. The Bertz CT molecular complexity index is 979. The zero-order chi connectivity index (χ0) is 17.1. The Kier molecular flexibility index (Phi) is 4.18. The van der Waals surface area contributed by atoms with Crippen LogP contribution in [0.25, 0.3) is 16.2 Å². The predicted octanol–water partition coefficient (Wildman–Crippen LogP) is 4.08. The van der Waals surface area contributed by atoms with Gasteiger partial charge >= 0.3 is 0 Å². The molecule has 0 spiro atoms. The molecule has 0 aliphatic carbocycles. The number of aromatic nitrogens is 2. The van der Waals surface area contributed by atoms with Crippen LogP contribution in [0.2, 0.25) is 0 Å². The molecule has 124 valence electrons. The van der Waals surface area contributed by atoms with Gasteiger partial charge < -0.3 is 10.1 Å². The summed E-state index contributed by atoms with van der Waals surface area (Å²) in [5.74, 6) is 0.456. The van der Waals surface area contributed by atoms with Gasteiger partial charge in [0.05, 0.1) is 11.4 Å². The van der Waals surface area contributed by atoms with Crippen LogP contribution in [-0.4, -0.2) is 21.9 Å². The molecule has 0 aliphatic rings. The molecule has 0 atom stereocenters. The summed E-state index contributed by atoms with van der Waals surface area (Å²) in [7, 11) is 0. The van der Waals surface area contributed by atoms with E-state index in [1.807, 2.05) is 76.8 Å². The molecule has 4 rings (SSSR count). The van der Waals surface area contributed by atoms with Crippen LogP contribution in [0.15, 0.2) is 72.4 Å². The summed E-state index contributed by atoms with van der Waals surface area (Å²) in [5.41, 5.74) is 2.42. The third-order valence-corrected chi connectivity index (χ3v) is 4.45. The summed E-state index contributed by atoms with van der Waals surface area (Å²) in [6.07, 6.45) is 3.92. The Morgan fingerprint density at radius 2 is 1.92 bits per heavy atom. The van der Waals surface area contributed by atoms with Crippen LogP contribution in [-0.2, 0) is 4.79 Å². The van der Waals surface area contributed by atoms with Gasteiger partial charge in [-0.05, 0) is 18.2 Å². The van der Waals surface area contributed by atoms with E-state index in [9.17, 15) is 4.79 Å². The maximum atomic E-state index is 12.2. The first-order chi connectivity index (χ1) is 12.3. The van der Waals surface area contributed by atoms with Crippen LogP contribution in [0.4, 0.5) is 5.69 Å². The molecule has 0 fully saturated rings. The van der Waals surface area contributed by atoms with Crippen LogP contribution >= 0.6 is 11.3 Å². The SMILES string of the molecule is O=C(COc1ccccc1)Nc1ccccc1-c1cn2ccsc2n1. The van der Waals surface area contributed by atoms with Gasteiger partial charge in [0.2, 0.25) is 0 Å². The Labute approximate surface area is 148 Å². The van der Waals surface area contributed by atoms with E-state index in [0.29, 0.717) is 5.75 Å². The minimum atomic E-state index is -0.211. The second-order valence-corrected chi connectivity index (χ2v) is 6.29. The number of nitrogens with one attached hydrogen (secondary N) is 1. The van der Waals surface area contributed by atoms with Gasteiger partial charge in [-0.3, -0.25) is 9.20 Å². The summed E-state index contributed by atoms with van der Waals surface area (Å²) in [4.78, 5) is 17.8. The van der Waals surface area contributed by atoms with Gasteiger partial charge in [-0.1, -0.05) is 36.4 Å². The number of hydrogen-bond donors (Lipinski definition) is 1. The van der Waals surface area contributed by atoms with Gasteiger partial charge in [0.25, 0.3) is 5.91 Å². The van der Waals surface area contributed by atoms with E-state index in [-0.39, 0.29) is 12.5 Å². The molecule has 4 aromatic rings. The summed E-state index contributed by atoms with van der Waals surface area (Å²) in [6, 6.07) is 16.9. The molecule has 0 bridgehead atoms. The number of amides is 1. The Morgan fingerprint density at radius 1 is 1.12 bits per heavy atom. The lowest BCUT2D eigenvalue weighted by molar-refractivity contribution is -0.118. The van der Waals surface area contributed by atoms with Crippen LogP contribution < -0.4 is 10.1 Å². The summed E-state index contributed by atoms with van der Waals surface area (Å²) in [5, 5.41) is 4.89. The number of thiazole rings is 1. The topological polar surface area (TPSA) is 55.6 Å². The van der Waals surface area contributed by atoms with Crippen LogP contribution in [0.3, 0.4) is 0 Å². The maximum absolute atomic E-state index is 12.2. The highest BCUT2D eigenvalue weighted by Gasteiger charge is 2.12. The van der Waals surface area contributed by atoms with E-state index >= 15 is 0 Å². The second-order valence-electron chi connectivity index (χ2n) is 5.41. The number of carbonyl (C=O) groups excluding carboxylic acids is 1. The molecule has 0 saturated heterocycles. The summed E-state index contributed by atoms with van der Waals surface area (Å²) in [6.45, 7) is -0.0450. The van der Waals surface area contributed by atoms with Crippen LogP contribution in [0, 0.1) is 0 Å². The highest BCUT2D eigenvalue weighted by atomic mass is 32.1. The number of para-hydroxylation sites is 2. The van der Waals surface area contributed by atoms with Gasteiger partial charge in [-0.25, -0.2) is 4.98 Å². The van der Waals surface area contributed by atoms with E-state index in [4.69, 9.17) is 4.74 Å². The molecule has 0 saturated carbocycles. The Hall–Kier alpha value is -3.12. The lowest BCUT2D eigenvalue weighted by Gasteiger charge is -2.10. The van der Waals surface area contributed by atoms with Crippen molar-refractivity contribution in [2.75, 3.05) is 11.9 Å². The molecule has 6 heteroatoms.